The molecular weight excluding hydrogens is 161 g/mol. The summed E-state index contributed by atoms with van der Waals surface area (Å²) in [5.41, 5.74) is 0. The van der Waals surface area contributed by atoms with Gasteiger partial charge in [0.2, 0.25) is 0 Å². The summed E-state index contributed by atoms with van der Waals surface area (Å²) in [7, 11) is -0.500. The van der Waals surface area contributed by atoms with Crippen LogP contribution in [-0.2, 0) is 0 Å². The molecule has 0 aromatic heterocycles. The Labute approximate surface area is 90.2 Å². The van der Waals surface area contributed by atoms with Gasteiger partial charge in [-0.25, -0.2) is 7.69 Å². The molecule has 10 heavy (non-hydrogen) atoms. The molecule has 1 rings (SSSR count). The van der Waals surface area contributed by atoms with Crippen molar-refractivity contribution in [2.24, 2.45) is 0 Å². The third-order valence-electron chi connectivity index (χ3n) is 0.556. The van der Waals surface area contributed by atoms with Crippen LogP contribution in [-0.4, -0.2) is 50.9 Å². The molecule has 0 aliphatic carbocycles. The molecule has 0 saturated carbocycles. The normalized spacial score (nSPS) is 10.2. The summed E-state index contributed by atoms with van der Waals surface area (Å²) < 4.78 is 0. The molecule has 0 amide bonds. The van der Waals surface area contributed by atoms with Gasteiger partial charge in [-0.05, 0) is 12.2 Å². The molecule has 1 radical (unpaired) electrons. The van der Waals surface area contributed by atoms with Gasteiger partial charge in [-0.3, -0.25) is 5.32 Å². The Bertz CT molecular complexity index is 88.5. The molecule has 0 aromatic rings. The Balaban J connectivity index is -0.0000000900. The van der Waals surface area contributed by atoms with E-state index >= 15 is 0 Å². The smallest absolute Gasteiger partial charge is 0.900 e. The van der Waals surface area contributed by atoms with Crippen LogP contribution in [0.25, 0.3) is 0 Å². The molecule has 4 nitrogen and oxygen atoms in total. The van der Waals surface area contributed by atoms with E-state index in [0.717, 1.165) is 0 Å². The first kappa shape index (κ1) is 16.9. The molecule has 0 spiro atoms. The number of quaternary nitrogens is 1. The fraction of sp³-hybridized carbons (Fsp3) is 0. The van der Waals surface area contributed by atoms with Crippen molar-refractivity contribution in [3.63, 3.8) is 0 Å². The van der Waals surface area contributed by atoms with Crippen LogP contribution >= 0.6 is 0 Å². The van der Waals surface area contributed by atoms with Crippen molar-refractivity contribution in [1.29, 1.82) is 0 Å². The molecule has 51 valence electrons. The maximum atomic E-state index is 8.25. The van der Waals surface area contributed by atoms with E-state index < -0.39 is 7.69 Å². The summed E-state index contributed by atoms with van der Waals surface area (Å²) in [6.07, 6.45) is 8.00. The second kappa shape index (κ2) is 16.3. The van der Waals surface area contributed by atoms with E-state index in [4.69, 9.17) is 10.0 Å². The predicted octanol–water partition coefficient (Wildman–Crippen LogP) is -3.73. The largest absolute Gasteiger partial charge is 2.00 e. The van der Waals surface area contributed by atoms with Crippen molar-refractivity contribution in [3.8, 4) is 0 Å². The van der Waals surface area contributed by atoms with Gasteiger partial charge in [0.1, 0.15) is 0 Å². The molecule has 6 heteroatoms. The minimum absolute atomic E-state index is 0. The first-order valence-electron chi connectivity index (χ1n) is 2.14. The Hall–Kier alpha value is 0.645. The van der Waals surface area contributed by atoms with Crippen LogP contribution in [0.15, 0.2) is 24.6 Å². The van der Waals surface area contributed by atoms with Crippen molar-refractivity contribution in [2.75, 3.05) is 0 Å². The Morgan fingerprint density at radius 2 is 1.40 bits per heavy atom. The average molecular weight is 168 g/mol. The van der Waals surface area contributed by atoms with E-state index in [1.807, 2.05) is 29.9 Å². The molecule has 0 aromatic carbocycles. The summed E-state index contributed by atoms with van der Waals surface area (Å²) in [4.78, 5) is 0. The monoisotopic (exact) mass is 168 g/mol. The molecule has 0 saturated heterocycles. The van der Waals surface area contributed by atoms with Gasteiger partial charge in [-0.15, -0.1) is 0 Å². The summed E-state index contributed by atoms with van der Waals surface area (Å²) in [6.45, 7) is 0. The fourth-order valence-electron chi connectivity index (χ4n) is 0.321. The van der Waals surface area contributed by atoms with Gasteiger partial charge in [-0.1, -0.05) is 0 Å². The zero-order valence-electron chi connectivity index (χ0n) is 5.43. The number of hydrogen-bond acceptors (Lipinski definition) is 3. The first-order valence-corrected chi connectivity index (χ1v) is 2.14. The maximum Gasteiger partial charge on any atom is 2.00 e. The summed E-state index contributed by atoms with van der Waals surface area (Å²) >= 11 is 0. The average Bonchev–Trinajstić information content (AvgIpc) is 2.17. The Morgan fingerprint density at radius 1 is 1.10 bits per heavy atom. The zero-order valence-corrected chi connectivity index (χ0v) is 7.64. The quantitative estimate of drug-likeness (QED) is 0.377. The second-order valence-electron chi connectivity index (χ2n) is 1.06. The number of nitrogens with two attached hydrogens (primary N) is 1. The van der Waals surface area contributed by atoms with Crippen molar-refractivity contribution < 1.29 is 20.8 Å². The summed E-state index contributed by atoms with van der Waals surface area (Å²) in [6, 6.07) is 0. The molecule has 1 heterocycles. The van der Waals surface area contributed by atoms with Crippen molar-refractivity contribution >= 4 is 45.4 Å². The van der Waals surface area contributed by atoms with Gasteiger partial charge in [0, 0.05) is 0 Å². The Morgan fingerprint density at radius 3 is 1.50 bits per heavy atom. The third-order valence-corrected chi connectivity index (χ3v) is 0.556. The van der Waals surface area contributed by atoms with Crippen LogP contribution in [0.5, 0.6) is 0 Å². The van der Waals surface area contributed by atoms with Gasteiger partial charge in [0.25, 0.3) is 0 Å². The van der Waals surface area contributed by atoms with Crippen LogP contribution in [0, 0.1) is 0 Å². The van der Waals surface area contributed by atoms with E-state index in [1.54, 1.807) is 0 Å². The zero-order chi connectivity index (χ0) is 6.24. The Kier molecular flexibility index (Phi) is 27.7. The molecule has 0 bridgehead atoms. The van der Waals surface area contributed by atoms with E-state index in [0.29, 0.717) is 0 Å². The van der Waals surface area contributed by atoms with Crippen LogP contribution < -0.4 is 15.4 Å². The minimum atomic E-state index is -0.500. The number of allylic oxidation sites excluding steroid dienone is 2. The summed E-state index contributed by atoms with van der Waals surface area (Å²) in [5.74, 6) is 0. The molecular formula is C4H7BCaNO3. The van der Waals surface area contributed by atoms with E-state index in [-0.39, 0.29) is 43.2 Å². The number of hydrogen-bond donors (Lipinski definition) is 1. The van der Waals surface area contributed by atoms with Gasteiger partial charge in [0.15, 0.2) is 0 Å². The molecule has 0 unspecified atom stereocenters. The minimum Gasteiger partial charge on any atom is -0.900 e. The number of rotatable bonds is 0. The van der Waals surface area contributed by atoms with Crippen LogP contribution in [0.3, 0.4) is 0 Å². The van der Waals surface area contributed by atoms with E-state index in [9.17, 15) is 0 Å². The fourth-order valence-corrected chi connectivity index (χ4v) is 0.321. The maximum absolute atomic E-state index is 8.25. The third kappa shape index (κ3) is 15.9. The van der Waals surface area contributed by atoms with Crippen LogP contribution in [0.4, 0.5) is 0 Å². The summed E-state index contributed by atoms with van der Waals surface area (Å²) in [5, 5.41) is 18.5. The molecule has 0 fully saturated rings. The topological polar surface area (TPSA) is 92.7 Å². The van der Waals surface area contributed by atoms with Gasteiger partial charge >= 0.3 is 37.7 Å². The standard InChI is InChI=1S/C4H5N.BO2.Ca.H2O/c1-2-4-5-3-1;2-1-3;;/h1-5H;;;1H2/q;-2;+2;. The van der Waals surface area contributed by atoms with E-state index in [1.165, 1.54) is 0 Å². The molecule has 3 N–H and O–H groups in total. The SMILES string of the molecule is C1=C[NH2+]C=C1.[Ca+2].[O-][B][O-].[OH-]. The van der Waals surface area contributed by atoms with Crippen molar-refractivity contribution in [1.82, 2.24) is 0 Å². The molecule has 1 aliphatic rings. The van der Waals surface area contributed by atoms with Crippen LogP contribution in [0.1, 0.15) is 0 Å². The van der Waals surface area contributed by atoms with Gasteiger partial charge in [0.05, 0.1) is 12.4 Å². The molecule has 1 aliphatic heterocycles. The van der Waals surface area contributed by atoms with Crippen molar-refractivity contribution in [2.45, 2.75) is 0 Å². The van der Waals surface area contributed by atoms with Crippen molar-refractivity contribution in [3.05, 3.63) is 24.6 Å². The van der Waals surface area contributed by atoms with Gasteiger partial charge < -0.3 is 15.5 Å². The van der Waals surface area contributed by atoms with E-state index in [2.05, 4.69) is 0 Å². The van der Waals surface area contributed by atoms with Crippen LogP contribution in [0.2, 0.25) is 0 Å². The molecule has 0 atom stereocenters. The predicted molar refractivity (Wildman–Crippen MR) is 33.6 cm³/mol. The first-order chi connectivity index (χ1) is 3.91. The second-order valence-corrected chi connectivity index (χ2v) is 1.06. The van der Waals surface area contributed by atoms with Gasteiger partial charge in [-0.2, -0.15) is 0 Å².